The van der Waals surface area contributed by atoms with Gasteiger partial charge in [-0.05, 0) is 41.9 Å². The second-order valence-corrected chi connectivity index (χ2v) is 8.18. The maximum Gasteiger partial charge on any atom is 0.254 e. The summed E-state index contributed by atoms with van der Waals surface area (Å²) in [5.74, 6) is 3.09. The van der Waals surface area contributed by atoms with Crippen LogP contribution in [0, 0.1) is 23.6 Å². The van der Waals surface area contributed by atoms with Crippen molar-refractivity contribution in [3.8, 4) is 0 Å². The monoisotopic (exact) mass is 384 g/mol. The van der Waals surface area contributed by atoms with Gasteiger partial charge in [0.05, 0.1) is 13.2 Å². The van der Waals surface area contributed by atoms with Crippen LogP contribution in [0.25, 0.3) is 0 Å². The van der Waals surface area contributed by atoms with Crippen LogP contribution < -0.4 is 15.4 Å². The highest BCUT2D eigenvalue weighted by Crippen LogP contribution is 2.56. The van der Waals surface area contributed by atoms with Crippen LogP contribution in [0.1, 0.15) is 12.5 Å². The number of hydrogen-bond donors (Lipinski definition) is 1. The summed E-state index contributed by atoms with van der Waals surface area (Å²) < 4.78 is 18.7. The van der Waals surface area contributed by atoms with E-state index in [0.29, 0.717) is 36.9 Å². The molecule has 5 rings (SSSR count). The maximum atomic E-state index is 13.3. The number of nitrogens with zero attached hydrogens (tertiary/aromatic N) is 3. The summed E-state index contributed by atoms with van der Waals surface area (Å²) in [7, 11) is 0. The molecule has 1 saturated carbocycles. The third-order valence-corrected chi connectivity index (χ3v) is 6.57. The van der Waals surface area contributed by atoms with E-state index >= 15 is 0 Å². The Hall–Kier alpha value is -2.41. The first-order valence-electron chi connectivity index (χ1n) is 10.1. The molecule has 0 radical (unpaired) electrons. The molecule has 148 valence electrons. The van der Waals surface area contributed by atoms with E-state index in [4.69, 9.17) is 9.72 Å². The van der Waals surface area contributed by atoms with Crippen molar-refractivity contribution in [3.63, 3.8) is 0 Å². The number of H-pyrrole nitrogens is 1. The quantitative estimate of drug-likeness (QED) is 0.874. The fourth-order valence-corrected chi connectivity index (χ4v) is 4.95. The van der Waals surface area contributed by atoms with Gasteiger partial charge in [0, 0.05) is 31.7 Å². The van der Waals surface area contributed by atoms with Gasteiger partial charge >= 0.3 is 0 Å². The molecule has 3 heterocycles. The SMILES string of the molecule is C[C@@H]1[C@@H]2CN(c3nc(N4CCOCC4)cc(=O)[nH]3)[C@H](Cc3ccc(F)cc3)[C@H]12. The first kappa shape index (κ1) is 17.7. The normalized spacial score (nSPS) is 29.1. The lowest BCUT2D eigenvalue weighted by Gasteiger charge is -2.31. The van der Waals surface area contributed by atoms with E-state index in [0.717, 1.165) is 37.4 Å². The number of nitrogens with one attached hydrogen (secondary N) is 1. The van der Waals surface area contributed by atoms with Crippen LogP contribution in [0.3, 0.4) is 0 Å². The molecule has 2 aliphatic heterocycles. The van der Waals surface area contributed by atoms with Gasteiger partial charge < -0.3 is 14.5 Å². The number of hydrogen-bond acceptors (Lipinski definition) is 5. The van der Waals surface area contributed by atoms with E-state index in [1.807, 2.05) is 12.1 Å². The Morgan fingerprint density at radius 3 is 2.75 bits per heavy atom. The van der Waals surface area contributed by atoms with Gasteiger partial charge in [-0.3, -0.25) is 9.78 Å². The number of aromatic amines is 1. The number of ether oxygens (including phenoxy) is 1. The minimum Gasteiger partial charge on any atom is -0.378 e. The van der Waals surface area contributed by atoms with Gasteiger partial charge in [0.2, 0.25) is 5.95 Å². The molecule has 0 unspecified atom stereocenters. The molecule has 1 aromatic heterocycles. The molecule has 0 amide bonds. The van der Waals surface area contributed by atoms with Crippen molar-refractivity contribution >= 4 is 11.8 Å². The number of anilines is 2. The van der Waals surface area contributed by atoms with Crippen LogP contribution >= 0.6 is 0 Å². The van der Waals surface area contributed by atoms with E-state index in [-0.39, 0.29) is 17.4 Å². The van der Waals surface area contributed by atoms with E-state index in [2.05, 4.69) is 21.7 Å². The fourth-order valence-electron chi connectivity index (χ4n) is 4.95. The van der Waals surface area contributed by atoms with E-state index < -0.39 is 0 Å². The van der Waals surface area contributed by atoms with Gasteiger partial charge in [-0.15, -0.1) is 0 Å². The summed E-state index contributed by atoms with van der Waals surface area (Å²) in [6, 6.07) is 8.59. The molecule has 4 atom stereocenters. The zero-order valence-corrected chi connectivity index (χ0v) is 16.0. The first-order chi connectivity index (χ1) is 13.6. The number of piperidine rings is 1. The van der Waals surface area contributed by atoms with Crippen molar-refractivity contribution in [3.05, 3.63) is 52.1 Å². The minimum absolute atomic E-state index is 0.124. The molecule has 3 fully saturated rings. The number of benzene rings is 1. The van der Waals surface area contributed by atoms with Crippen LogP contribution in [-0.2, 0) is 11.2 Å². The third kappa shape index (κ3) is 3.17. The van der Waals surface area contributed by atoms with Gasteiger partial charge in [0.15, 0.2) is 0 Å². The van der Waals surface area contributed by atoms with Crippen LogP contribution in [-0.4, -0.2) is 48.9 Å². The average molecular weight is 384 g/mol. The molecule has 1 aliphatic carbocycles. The Bertz CT molecular complexity index is 909. The second-order valence-electron chi connectivity index (χ2n) is 8.18. The maximum absolute atomic E-state index is 13.3. The van der Waals surface area contributed by atoms with Crippen LogP contribution in [0.15, 0.2) is 35.1 Å². The summed E-state index contributed by atoms with van der Waals surface area (Å²) in [5, 5.41) is 0. The molecule has 2 aromatic rings. The zero-order chi connectivity index (χ0) is 19.3. The smallest absolute Gasteiger partial charge is 0.254 e. The Balaban J connectivity index is 1.43. The highest BCUT2D eigenvalue weighted by atomic mass is 19.1. The van der Waals surface area contributed by atoms with Gasteiger partial charge in [-0.1, -0.05) is 19.1 Å². The summed E-state index contributed by atoms with van der Waals surface area (Å²) in [5.41, 5.74) is 0.989. The average Bonchev–Trinajstić information content (AvgIpc) is 3.17. The molecule has 7 heteroatoms. The number of aromatic nitrogens is 2. The lowest BCUT2D eigenvalue weighted by atomic mass is 10.0. The highest BCUT2D eigenvalue weighted by Gasteiger charge is 2.59. The van der Waals surface area contributed by atoms with Crippen LogP contribution in [0.4, 0.5) is 16.2 Å². The van der Waals surface area contributed by atoms with Gasteiger partial charge in [-0.2, -0.15) is 4.98 Å². The lowest BCUT2D eigenvalue weighted by molar-refractivity contribution is 0.122. The Morgan fingerprint density at radius 2 is 2.00 bits per heavy atom. The molecule has 28 heavy (non-hydrogen) atoms. The first-order valence-corrected chi connectivity index (χ1v) is 10.1. The summed E-state index contributed by atoms with van der Waals surface area (Å²) >= 11 is 0. The number of rotatable bonds is 4. The molecule has 0 spiro atoms. The number of fused-ring (bicyclic) bond motifs is 1. The van der Waals surface area contributed by atoms with Crippen molar-refractivity contribution in [1.29, 1.82) is 0 Å². The molecule has 1 N–H and O–H groups in total. The largest absolute Gasteiger partial charge is 0.378 e. The Kier molecular flexibility index (Phi) is 4.34. The lowest BCUT2D eigenvalue weighted by Crippen LogP contribution is -2.40. The van der Waals surface area contributed by atoms with Crippen molar-refractivity contribution in [1.82, 2.24) is 9.97 Å². The molecule has 1 aromatic carbocycles. The van der Waals surface area contributed by atoms with Crippen molar-refractivity contribution in [2.75, 3.05) is 42.6 Å². The summed E-state index contributed by atoms with van der Waals surface area (Å²) in [4.78, 5) is 24.5. The highest BCUT2D eigenvalue weighted by molar-refractivity contribution is 5.47. The predicted molar refractivity (Wildman–Crippen MR) is 105 cm³/mol. The minimum atomic E-state index is -0.214. The Morgan fingerprint density at radius 1 is 1.25 bits per heavy atom. The summed E-state index contributed by atoms with van der Waals surface area (Å²) in [6.45, 7) is 6.01. The molecular formula is C21H25FN4O2. The number of morpholine rings is 1. The molecule has 0 bridgehead atoms. The summed E-state index contributed by atoms with van der Waals surface area (Å²) in [6.07, 6.45) is 0.831. The fraction of sp³-hybridized carbons (Fsp3) is 0.524. The number of halogens is 1. The molecule has 3 aliphatic rings. The predicted octanol–water partition coefficient (Wildman–Crippen LogP) is 2.06. The van der Waals surface area contributed by atoms with Crippen molar-refractivity contribution < 1.29 is 9.13 Å². The van der Waals surface area contributed by atoms with E-state index in [1.54, 1.807) is 6.07 Å². The van der Waals surface area contributed by atoms with Crippen molar-refractivity contribution in [2.24, 2.45) is 17.8 Å². The zero-order valence-electron chi connectivity index (χ0n) is 16.0. The third-order valence-electron chi connectivity index (χ3n) is 6.57. The van der Waals surface area contributed by atoms with Crippen LogP contribution in [0.5, 0.6) is 0 Å². The molecule has 6 nitrogen and oxygen atoms in total. The van der Waals surface area contributed by atoms with E-state index in [9.17, 15) is 9.18 Å². The van der Waals surface area contributed by atoms with E-state index in [1.165, 1.54) is 12.1 Å². The molecular weight excluding hydrogens is 359 g/mol. The topological polar surface area (TPSA) is 61.5 Å². The van der Waals surface area contributed by atoms with Gasteiger partial charge in [-0.25, -0.2) is 4.39 Å². The van der Waals surface area contributed by atoms with Crippen LogP contribution in [0.2, 0.25) is 0 Å². The van der Waals surface area contributed by atoms with Gasteiger partial charge in [0.25, 0.3) is 5.56 Å². The second kappa shape index (κ2) is 6.88. The molecule has 2 saturated heterocycles. The van der Waals surface area contributed by atoms with Crippen molar-refractivity contribution in [2.45, 2.75) is 19.4 Å². The standard InChI is InChI=1S/C21H25FN4O2/c1-13-16-12-26(17(20(13)16)10-14-2-4-15(22)5-3-14)21-23-18(11-19(27)24-21)25-6-8-28-9-7-25/h2-5,11,13,16-17,20H,6-10,12H2,1H3,(H,23,24,27)/t13-,16+,17-,20-/m1/s1. The Labute approximate surface area is 163 Å². The van der Waals surface area contributed by atoms with Gasteiger partial charge in [0.1, 0.15) is 11.6 Å².